The molecule has 2 rings (SSSR count). The lowest BCUT2D eigenvalue weighted by atomic mass is 10.0. The number of hydrazine groups is 1. The Labute approximate surface area is 71.1 Å². The number of hydrogen-bond acceptors (Lipinski definition) is 4. The molecule has 1 aliphatic heterocycles. The average molecular weight is 164 g/mol. The Morgan fingerprint density at radius 3 is 3.00 bits per heavy atom. The molecule has 2 atom stereocenters. The molecule has 1 aromatic rings. The van der Waals surface area contributed by atoms with Gasteiger partial charge in [0, 0.05) is 24.4 Å². The van der Waals surface area contributed by atoms with Crippen LogP contribution in [0.2, 0.25) is 0 Å². The number of pyridine rings is 1. The molecule has 1 saturated heterocycles. The molecule has 0 spiro atoms. The molecule has 0 radical (unpaired) electrons. The zero-order valence-electron chi connectivity index (χ0n) is 6.70. The monoisotopic (exact) mass is 164 g/mol. The number of nitrogens with one attached hydrogen (secondary N) is 2. The average Bonchev–Trinajstić information content (AvgIpc) is 2.53. The minimum Gasteiger partial charge on any atom is -0.314 e. The molecule has 12 heavy (non-hydrogen) atoms. The zero-order valence-corrected chi connectivity index (χ0v) is 6.70. The van der Waals surface area contributed by atoms with E-state index in [4.69, 9.17) is 5.73 Å². The third-order valence-corrected chi connectivity index (χ3v) is 2.09. The summed E-state index contributed by atoms with van der Waals surface area (Å²) in [5.74, 6) is 0.284. The molecule has 1 fully saturated rings. The van der Waals surface area contributed by atoms with Crippen molar-refractivity contribution < 1.29 is 0 Å². The summed E-state index contributed by atoms with van der Waals surface area (Å²) in [4.78, 5) is 4.25. The highest BCUT2D eigenvalue weighted by molar-refractivity contribution is 5.13. The van der Waals surface area contributed by atoms with E-state index < -0.39 is 0 Å². The van der Waals surface area contributed by atoms with Crippen molar-refractivity contribution in [1.29, 1.82) is 0 Å². The maximum Gasteiger partial charge on any atom is 0.0776 e. The van der Waals surface area contributed by atoms with Crippen LogP contribution in [0.3, 0.4) is 0 Å². The quantitative estimate of drug-likeness (QED) is 0.526. The maximum absolute atomic E-state index is 5.80. The first-order valence-electron chi connectivity index (χ1n) is 4.03. The second-order valence-corrected chi connectivity index (χ2v) is 2.91. The molecular formula is C8H12N4. The molecule has 1 aromatic heterocycles. The van der Waals surface area contributed by atoms with Crippen LogP contribution in [-0.2, 0) is 0 Å². The third-order valence-electron chi connectivity index (χ3n) is 2.09. The minimum atomic E-state index is -0.0279. The van der Waals surface area contributed by atoms with Crippen LogP contribution < -0.4 is 16.6 Å². The zero-order chi connectivity index (χ0) is 8.39. The molecular weight excluding hydrogens is 152 g/mol. The largest absolute Gasteiger partial charge is 0.314 e. The number of aromatic nitrogens is 1. The molecule has 0 amide bonds. The fourth-order valence-corrected chi connectivity index (χ4v) is 1.40. The van der Waals surface area contributed by atoms with Crippen molar-refractivity contribution in [3.8, 4) is 0 Å². The lowest BCUT2D eigenvalue weighted by Gasteiger charge is -2.11. The molecule has 1 aliphatic rings. The Hall–Kier alpha value is -0.970. The van der Waals surface area contributed by atoms with Gasteiger partial charge in [0.1, 0.15) is 0 Å². The number of nitrogens with zero attached hydrogens (tertiary/aromatic N) is 1. The molecule has 4 heteroatoms. The van der Waals surface area contributed by atoms with Gasteiger partial charge in [-0.15, -0.1) is 0 Å². The van der Waals surface area contributed by atoms with Gasteiger partial charge in [0.05, 0.1) is 6.17 Å². The van der Waals surface area contributed by atoms with E-state index >= 15 is 0 Å². The molecule has 4 N–H and O–H groups in total. The van der Waals surface area contributed by atoms with Gasteiger partial charge in [0.2, 0.25) is 0 Å². The smallest absolute Gasteiger partial charge is 0.0776 e. The summed E-state index contributed by atoms with van der Waals surface area (Å²) in [6, 6.07) is 5.89. The van der Waals surface area contributed by atoms with Gasteiger partial charge in [-0.25, -0.2) is 5.43 Å². The molecule has 64 valence electrons. The molecule has 0 bridgehead atoms. The van der Waals surface area contributed by atoms with Crippen molar-refractivity contribution >= 4 is 0 Å². The Kier molecular flexibility index (Phi) is 2.03. The minimum absolute atomic E-state index is 0.0279. The molecule has 2 unspecified atom stereocenters. The van der Waals surface area contributed by atoms with E-state index in [1.165, 1.54) is 0 Å². The third kappa shape index (κ3) is 1.32. The summed E-state index contributed by atoms with van der Waals surface area (Å²) in [5.41, 5.74) is 12.8. The lowest BCUT2D eigenvalue weighted by molar-refractivity contribution is 0.541. The van der Waals surface area contributed by atoms with E-state index in [-0.39, 0.29) is 12.1 Å². The highest BCUT2D eigenvalue weighted by Crippen LogP contribution is 2.16. The highest BCUT2D eigenvalue weighted by Gasteiger charge is 2.25. The first kappa shape index (κ1) is 7.67. The van der Waals surface area contributed by atoms with Crippen molar-refractivity contribution in [2.45, 2.75) is 12.1 Å². The Bertz CT molecular complexity index is 248. The maximum atomic E-state index is 5.80. The van der Waals surface area contributed by atoms with Crippen LogP contribution in [0, 0.1) is 0 Å². The van der Waals surface area contributed by atoms with Crippen molar-refractivity contribution in [1.82, 2.24) is 15.8 Å². The second-order valence-electron chi connectivity index (χ2n) is 2.91. The van der Waals surface area contributed by atoms with Gasteiger partial charge >= 0.3 is 0 Å². The van der Waals surface area contributed by atoms with Crippen LogP contribution >= 0.6 is 0 Å². The van der Waals surface area contributed by atoms with Crippen molar-refractivity contribution in [2.75, 3.05) is 6.54 Å². The van der Waals surface area contributed by atoms with Crippen LogP contribution in [0.25, 0.3) is 0 Å². The summed E-state index contributed by atoms with van der Waals surface area (Å²) >= 11 is 0. The van der Waals surface area contributed by atoms with E-state index in [1.807, 2.05) is 18.2 Å². The molecule has 0 aromatic carbocycles. The van der Waals surface area contributed by atoms with E-state index in [0.717, 1.165) is 12.2 Å². The van der Waals surface area contributed by atoms with Crippen LogP contribution in [-0.4, -0.2) is 17.7 Å². The molecule has 2 heterocycles. The van der Waals surface area contributed by atoms with Gasteiger partial charge in [-0.05, 0) is 12.1 Å². The Morgan fingerprint density at radius 1 is 1.50 bits per heavy atom. The summed E-state index contributed by atoms with van der Waals surface area (Å²) < 4.78 is 0. The van der Waals surface area contributed by atoms with Crippen LogP contribution in [0.1, 0.15) is 11.6 Å². The fraction of sp³-hybridized carbons (Fsp3) is 0.375. The molecule has 0 saturated carbocycles. The second kappa shape index (κ2) is 3.18. The van der Waals surface area contributed by atoms with Gasteiger partial charge < -0.3 is 5.73 Å². The SMILES string of the molecule is NC1NNCC1c1ccccn1. The summed E-state index contributed by atoms with van der Waals surface area (Å²) in [6.45, 7) is 0.845. The fourth-order valence-electron chi connectivity index (χ4n) is 1.40. The van der Waals surface area contributed by atoms with E-state index in [0.29, 0.717) is 0 Å². The van der Waals surface area contributed by atoms with Crippen LogP contribution in [0.4, 0.5) is 0 Å². The van der Waals surface area contributed by atoms with Gasteiger partial charge in [0.15, 0.2) is 0 Å². The van der Waals surface area contributed by atoms with Crippen LogP contribution in [0.15, 0.2) is 24.4 Å². The van der Waals surface area contributed by atoms with E-state index in [2.05, 4.69) is 15.8 Å². The number of rotatable bonds is 1. The summed E-state index contributed by atoms with van der Waals surface area (Å²) in [7, 11) is 0. The van der Waals surface area contributed by atoms with Gasteiger partial charge in [0.25, 0.3) is 0 Å². The summed E-state index contributed by atoms with van der Waals surface area (Å²) in [6.07, 6.45) is 1.76. The van der Waals surface area contributed by atoms with Crippen molar-refractivity contribution in [2.24, 2.45) is 5.73 Å². The van der Waals surface area contributed by atoms with Crippen molar-refractivity contribution in [3.05, 3.63) is 30.1 Å². The Balaban J connectivity index is 2.19. The van der Waals surface area contributed by atoms with Crippen LogP contribution in [0.5, 0.6) is 0 Å². The Morgan fingerprint density at radius 2 is 2.42 bits per heavy atom. The first-order valence-corrected chi connectivity index (χ1v) is 4.03. The predicted octanol–water partition coefficient (Wildman–Crippen LogP) is -0.442. The normalized spacial score (nSPS) is 29.1. The summed E-state index contributed by atoms with van der Waals surface area (Å²) in [5, 5.41) is 0. The van der Waals surface area contributed by atoms with Gasteiger partial charge in [-0.1, -0.05) is 6.07 Å². The number of hydrogen-bond donors (Lipinski definition) is 3. The lowest BCUT2D eigenvalue weighted by Crippen LogP contribution is -2.38. The van der Waals surface area contributed by atoms with Gasteiger partial charge in [-0.3, -0.25) is 10.4 Å². The topological polar surface area (TPSA) is 63.0 Å². The molecule has 0 aliphatic carbocycles. The predicted molar refractivity (Wildman–Crippen MR) is 46.1 cm³/mol. The number of nitrogens with two attached hydrogens (primary N) is 1. The van der Waals surface area contributed by atoms with E-state index in [9.17, 15) is 0 Å². The highest BCUT2D eigenvalue weighted by atomic mass is 15.4. The molecule has 4 nitrogen and oxygen atoms in total. The van der Waals surface area contributed by atoms with Gasteiger partial charge in [-0.2, -0.15) is 0 Å². The van der Waals surface area contributed by atoms with Crippen molar-refractivity contribution in [3.63, 3.8) is 0 Å². The first-order chi connectivity index (χ1) is 5.88. The standard InChI is InChI=1S/C8H12N4/c9-8-6(5-11-12-8)7-3-1-2-4-10-7/h1-4,6,8,11-12H,5,9H2. The van der Waals surface area contributed by atoms with E-state index in [1.54, 1.807) is 6.20 Å².